The molecule has 7 heteroatoms. The Morgan fingerprint density at radius 1 is 1.17 bits per heavy atom. The number of alkyl halides is 3. The molecule has 1 aliphatic rings. The largest absolute Gasteiger partial charge is 0.494 e. The summed E-state index contributed by atoms with van der Waals surface area (Å²) in [5.74, 6) is -0.429. The Morgan fingerprint density at radius 3 is 2.35 bits per heavy atom. The molecule has 3 nitrogen and oxygen atoms in total. The molecule has 1 fully saturated rings. The molecule has 1 aromatic rings. The predicted octanol–water partition coefficient (Wildman–Crippen LogP) is 3.23. The van der Waals surface area contributed by atoms with Crippen molar-refractivity contribution in [3.05, 3.63) is 30.1 Å². The van der Waals surface area contributed by atoms with E-state index in [4.69, 9.17) is 4.74 Å². The minimum absolute atomic E-state index is 0.318. The van der Waals surface area contributed by atoms with Crippen LogP contribution in [0.3, 0.4) is 0 Å². The number of halogens is 4. The van der Waals surface area contributed by atoms with Gasteiger partial charge in [-0.2, -0.15) is 13.2 Å². The van der Waals surface area contributed by atoms with Gasteiger partial charge in [-0.1, -0.05) is 0 Å². The highest BCUT2D eigenvalue weighted by Crippen LogP contribution is 2.31. The van der Waals surface area contributed by atoms with Gasteiger partial charge in [0.05, 0.1) is 6.61 Å². The van der Waals surface area contributed by atoms with E-state index in [9.17, 15) is 22.7 Å². The third-order valence-corrected chi connectivity index (χ3v) is 4.12. The van der Waals surface area contributed by atoms with Crippen molar-refractivity contribution in [2.24, 2.45) is 5.92 Å². The smallest absolute Gasteiger partial charge is 0.414 e. The van der Waals surface area contributed by atoms with E-state index in [0.29, 0.717) is 38.3 Å². The van der Waals surface area contributed by atoms with Gasteiger partial charge in [0.25, 0.3) is 0 Å². The third kappa shape index (κ3) is 5.66. The van der Waals surface area contributed by atoms with Crippen molar-refractivity contribution in [2.45, 2.75) is 31.5 Å². The molecule has 1 unspecified atom stereocenters. The lowest BCUT2D eigenvalue weighted by Gasteiger charge is -2.34. The van der Waals surface area contributed by atoms with Crippen molar-refractivity contribution in [1.29, 1.82) is 0 Å². The van der Waals surface area contributed by atoms with E-state index >= 15 is 0 Å². The first kappa shape index (κ1) is 18.0. The average Bonchev–Trinajstić information content (AvgIpc) is 2.52. The van der Waals surface area contributed by atoms with Gasteiger partial charge in [0.1, 0.15) is 11.6 Å². The van der Waals surface area contributed by atoms with Crippen LogP contribution in [0, 0.1) is 11.7 Å². The standard InChI is InChI=1S/C16H21F4NO2/c17-13-2-4-14(5-3-13)23-11-1-8-21-9-6-12(7-10-21)15(22)16(18,19)20/h2-5,12,15,22H,1,6-11H2. The molecule has 130 valence electrons. The Bertz CT molecular complexity index is 470. The van der Waals surface area contributed by atoms with Crippen molar-refractivity contribution in [3.63, 3.8) is 0 Å². The van der Waals surface area contributed by atoms with Crippen LogP contribution in [0.25, 0.3) is 0 Å². The monoisotopic (exact) mass is 335 g/mol. The predicted molar refractivity (Wildman–Crippen MR) is 77.7 cm³/mol. The number of nitrogens with zero attached hydrogens (tertiary/aromatic N) is 1. The summed E-state index contributed by atoms with van der Waals surface area (Å²) in [5.41, 5.74) is 0. The first-order chi connectivity index (χ1) is 10.9. The molecule has 0 aliphatic carbocycles. The Balaban J connectivity index is 1.62. The minimum atomic E-state index is -4.53. The molecule has 1 saturated heterocycles. The summed E-state index contributed by atoms with van der Waals surface area (Å²) in [6.07, 6.45) is -5.31. The summed E-state index contributed by atoms with van der Waals surface area (Å²) >= 11 is 0. The van der Waals surface area contributed by atoms with E-state index in [-0.39, 0.29) is 5.82 Å². The summed E-state index contributed by atoms with van der Waals surface area (Å²) < 4.78 is 55.6. The Kier molecular flexibility index (Phi) is 6.24. The maximum atomic E-state index is 12.7. The van der Waals surface area contributed by atoms with Crippen molar-refractivity contribution < 1.29 is 27.4 Å². The highest BCUT2D eigenvalue weighted by atomic mass is 19.4. The number of benzene rings is 1. The molecule has 0 amide bonds. The minimum Gasteiger partial charge on any atom is -0.494 e. The van der Waals surface area contributed by atoms with E-state index in [0.717, 1.165) is 13.0 Å². The van der Waals surface area contributed by atoms with Gasteiger partial charge in [0, 0.05) is 6.54 Å². The van der Waals surface area contributed by atoms with Gasteiger partial charge >= 0.3 is 6.18 Å². The molecule has 0 saturated carbocycles. The number of likely N-dealkylation sites (tertiary alicyclic amines) is 1. The SMILES string of the molecule is OC(C1CCN(CCCOc2ccc(F)cc2)CC1)C(F)(F)F. The van der Waals surface area contributed by atoms with E-state index < -0.39 is 18.2 Å². The van der Waals surface area contributed by atoms with Crippen LogP contribution in [-0.2, 0) is 0 Å². The summed E-state index contributed by atoms with van der Waals surface area (Å²) in [4.78, 5) is 2.08. The normalized spacial score (nSPS) is 18.8. The van der Waals surface area contributed by atoms with Crippen LogP contribution >= 0.6 is 0 Å². The molecule has 1 atom stereocenters. The van der Waals surface area contributed by atoms with Crippen LogP contribution in [0.1, 0.15) is 19.3 Å². The topological polar surface area (TPSA) is 32.7 Å². The fourth-order valence-corrected chi connectivity index (χ4v) is 2.77. The zero-order chi connectivity index (χ0) is 16.9. The second kappa shape index (κ2) is 7.97. The maximum absolute atomic E-state index is 12.7. The highest BCUT2D eigenvalue weighted by Gasteiger charge is 2.43. The molecule has 1 heterocycles. The number of rotatable bonds is 6. The molecule has 0 bridgehead atoms. The second-order valence-electron chi connectivity index (χ2n) is 5.82. The maximum Gasteiger partial charge on any atom is 0.414 e. The van der Waals surface area contributed by atoms with Gasteiger partial charge in [-0.25, -0.2) is 4.39 Å². The zero-order valence-electron chi connectivity index (χ0n) is 12.7. The summed E-state index contributed by atoms with van der Waals surface area (Å²) in [5, 5.41) is 9.27. The number of aliphatic hydroxyl groups is 1. The molecule has 0 aromatic heterocycles. The molecule has 2 rings (SSSR count). The van der Waals surface area contributed by atoms with Gasteiger partial charge in [-0.05, 0) is 62.5 Å². The zero-order valence-corrected chi connectivity index (χ0v) is 12.7. The second-order valence-corrected chi connectivity index (χ2v) is 5.82. The van der Waals surface area contributed by atoms with Crippen LogP contribution in [0.5, 0.6) is 5.75 Å². The van der Waals surface area contributed by atoms with Crippen LogP contribution in [0.4, 0.5) is 17.6 Å². The van der Waals surface area contributed by atoms with Gasteiger partial charge in [0.15, 0.2) is 6.10 Å². The number of ether oxygens (including phenoxy) is 1. The fraction of sp³-hybridized carbons (Fsp3) is 0.625. The highest BCUT2D eigenvalue weighted by molar-refractivity contribution is 5.21. The molecule has 0 radical (unpaired) electrons. The van der Waals surface area contributed by atoms with Crippen molar-refractivity contribution in [1.82, 2.24) is 4.90 Å². The first-order valence-electron chi connectivity index (χ1n) is 7.72. The molecule has 0 spiro atoms. The summed E-state index contributed by atoms with van der Waals surface area (Å²) in [7, 11) is 0. The molecule has 23 heavy (non-hydrogen) atoms. The molecule has 1 aromatic carbocycles. The molecule has 1 aliphatic heterocycles. The number of piperidine rings is 1. The van der Waals surface area contributed by atoms with E-state index in [2.05, 4.69) is 4.90 Å². The summed E-state index contributed by atoms with van der Waals surface area (Å²) in [6.45, 7) is 2.30. The first-order valence-corrected chi connectivity index (χ1v) is 7.72. The van der Waals surface area contributed by atoms with Gasteiger partial charge in [-0.3, -0.25) is 0 Å². The molecule has 1 N–H and O–H groups in total. The van der Waals surface area contributed by atoms with Gasteiger partial charge in [-0.15, -0.1) is 0 Å². The molecular weight excluding hydrogens is 314 g/mol. The quantitative estimate of drug-likeness (QED) is 0.640. The van der Waals surface area contributed by atoms with E-state index in [1.54, 1.807) is 12.1 Å². The Labute approximate surface area is 132 Å². The van der Waals surface area contributed by atoms with Gasteiger partial charge in [0.2, 0.25) is 0 Å². The number of hydrogen-bond donors (Lipinski definition) is 1. The van der Waals surface area contributed by atoms with Crippen LogP contribution in [0.2, 0.25) is 0 Å². The van der Waals surface area contributed by atoms with Crippen molar-refractivity contribution in [2.75, 3.05) is 26.2 Å². The van der Waals surface area contributed by atoms with Crippen molar-refractivity contribution in [3.8, 4) is 5.75 Å². The van der Waals surface area contributed by atoms with E-state index in [1.165, 1.54) is 12.1 Å². The van der Waals surface area contributed by atoms with Crippen LogP contribution in [-0.4, -0.2) is 48.5 Å². The number of hydrogen-bond acceptors (Lipinski definition) is 3. The Hall–Kier alpha value is -1.34. The lowest BCUT2D eigenvalue weighted by Crippen LogP contribution is -2.43. The number of aliphatic hydroxyl groups excluding tert-OH is 1. The van der Waals surface area contributed by atoms with Crippen LogP contribution in [0.15, 0.2) is 24.3 Å². The van der Waals surface area contributed by atoms with Crippen LogP contribution < -0.4 is 4.74 Å². The van der Waals surface area contributed by atoms with Crippen molar-refractivity contribution >= 4 is 0 Å². The van der Waals surface area contributed by atoms with Gasteiger partial charge < -0.3 is 14.7 Å². The Morgan fingerprint density at radius 2 is 1.78 bits per heavy atom. The average molecular weight is 335 g/mol. The van der Waals surface area contributed by atoms with E-state index in [1.807, 2.05) is 0 Å². The summed E-state index contributed by atoms with van der Waals surface area (Å²) in [6, 6.07) is 5.76. The molecular formula is C16H21F4NO2. The fourth-order valence-electron chi connectivity index (χ4n) is 2.77. The third-order valence-electron chi connectivity index (χ3n) is 4.12. The lowest BCUT2D eigenvalue weighted by atomic mass is 9.91. The lowest BCUT2D eigenvalue weighted by molar-refractivity contribution is -0.223.